The Morgan fingerprint density at radius 1 is 1.17 bits per heavy atom. The number of fused-ring (bicyclic) bond motifs is 2. The molecule has 0 fully saturated rings. The lowest BCUT2D eigenvalue weighted by Gasteiger charge is -2.33. The molecule has 1 aromatic carbocycles. The van der Waals surface area contributed by atoms with Gasteiger partial charge in [0.2, 0.25) is 0 Å². The zero-order valence-corrected chi connectivity index (χ0v) is 13.9. The second-order valence-electron chi connectivity index (χ2n) is 6.37. The fraction of sp³-hybridized carbons (Fsp3) is 0.368. The van der Waals surface area contributed by atoms with E-state index in [9.17, 15) is 0 Å². The van der Waals surface area contributed by atoms with Crippen molar-refractivity contribution in [2.45, 2.75) is 25.6 Å². The van der Waals surface area contributed by atoms with Gasteiger partial charge in [0.05, 0.1) is 22.9 Å². The van der Waals surface area contributed by atoms with Gasteiger partial charge >= 0.3 is 0 Å². The number of aromatic nitrogens is 3. The SMILES string of the molecule is COCC[C@@H]1CN(Cc2ccc3ccccc3n2)Cc2ccnn21. The molecule has 2 aromatic heterocycles. The maximum absolute atomic E-state index is 5.27. The Labute approximate surface area is 141 Å². The van der Waals surface area contributed by atoms with Crippen LogP contribution in [0.3, 0.4) is 0 Å². The van der Waals surface area contributed by atoms with E-state index in [2.05, 4.69) is 51.1 Å². The van der Waals surface area contributed by atoms with Crippen LogP contribution in [0.2, 0.25) is 0 Å². The molecule has 4 rings (SSSR count). The van der Waals surface area contributed by atoms with Gasteiger partial charge in [-0.15, -0.1) is 0 Å². The van der Waals surface area contributed by atoms with E-state index in [1.54, 1.807) is 7.11 Å². The summed E-state index contributed by atoms with van der Waals surface area (Å²) in [5.74, 6) is 0. The first-order chi connectivity index (χ1) is 11.8. The van der Waals surface area contributed by atoms with E-state index in [-0.39, 0.29) is 0 Å². The molecule has 0 unspecified atom stereocenters. The maximum atomic E-state index is 5.27. The number of ether oxygens (including phenoxy) is 1. The van der Waals surface area contributed by atoms with Crippen molar-refractivity contribution in [3.05, 3.63) is 60.0 Å². The van der Waals surface area contributed by atoms with Crippen molar-refractivity contribution >= 4 is 10.9 Å². The number of methoxy groups -OCH3 is 1. The van der Waals surface area contributed by atoms with Crippen molar-refractivity contribution in [1.82, 2.24) is 19.7 Å². The summed E-state index contributed by atoms with van der Waals surface area (Å²) in [6, 6.07) is 15.0. The number of rotatable bonds is 5. The molecule has 0 bridgehead atoms. The summed E-state index contributed by atoms with van der Waals surface area (Å²) in [4.78, 5) is 7.26. The average Bonchev–Trinajstić information content (AvgIpc) is 3.08. The van der Waals surface area contributed by atoms with Crippen LogP contribution in [-0.2, 0) is 17.8 Å². The van der Waals surface area contributed by atoms with Crippen molar-refractivity contribution in [2.24, 2.45) is 0 Å². The van der Waals surface area contributed by atoms with E-state index in [0.717, 1.165) is 43.9 Å². The molecule has 1 aliphatic rings. The third kappa shape index (κ3) is 3.05. The zero-order chi connectivity index (χ0) is 16.4. The van der Waals surface area contributed by atoms with E-state index in [4.69, 9.17) is 9.72 Å². The van der Waals surface area contributed by atoms with Crippen molar-refractivity contribution in [2.75, 3.05) is 20.3 Å². The molecule has 0 saturated heterocycles. The summed E-state index contributed by atoms with van der Waals surface area (Å²) in [7, 11) is 1.75. The van der Waals surface area contributed by atoms with Crippen molar-refractivity contribution in [3.63, 3.8) is 0 Å². The Morgan fingerprint density at radius 3 is 3.00 bits per heavy atom. The number of nitrogens with zero attached hydrogens (tertiary/aromatic N) is 4. The van der Waals surface area contributed by atoms with Crippen LogP contribution in [0.25, 0.3) is 10.9 Å². The minimum absolute atomic E-state index is 0.365. The molecule has 0 N–H and O–H groups in total. The van der Waals surface area contributed by atoms with E-state index in [1.165, 1.54) is 11.1 Å². The van der Waals surface area contributed by atoms with Crippen LogP contribution in [0.15, 0.2) is 48.7 Å². The summed E-state index contributed by atoms with van der Waals surface area (Å²) >= 11 is 0. The van der Waals surface area contributed by atoms with E-state index < -0.39 is 0 Å². The molecular weight excluding hydrogens is 300 g/mol. The highest BCUT2D eigenvalue weighted by molar-refractivity contribution is 5.78. The third-order valence-corrected chi connectivity index (χ3v) is 4.65. The van der Waals surface area contributed by atoms with E-state index in [1.807, 2.05) is 12.3 Å². The Morgan fingerprint density at radius 2 is 2.08 bits per heavy atom. The fourth-order valence-electron chi connectivity index (χ4n) is 3.48. The quantitative estimate of drug-likeness (QED) is 0.724. The molecule has 0 spiro atoms. The highest BCUT2D eigenvalue weighted by Gasteiger charge is 2.25. The Bertz CT molecular complexity index is 829. The lowest BCUT2D eigenvalue weighted by atomic mass is 10.1. The van der Waals surface area contributed by atoms with Gasteiger partial charge in [0, 0.05) is 44.9 Å². The molecule has 3 heterocycles. The van der Waals surface area contributed by atoms with Crippen LogP contribution < -0.4 is 0 Å². The number of hydrogen-bond acceptors (Lipinski definition) is 4. The number of para-hydroxylation sites is 1. The van der Waals surface area contributed by atoms with E-state index >= 15 is 0 Å². The summed E-state index contributed by atoms with van der Waals surface area (Å²) < 4.78 is 7.42. The molecular formula is C19H22N4O. The van der Waals surface area contributed by atoms with Gasteiger partial charge in [0.15, 0.2) is 0 Å². The topological polar surface area (TPSA) is 43.2 Å². The zero-order valence-electron chi connectivity index (χ0n) is 13.9. The van der Waals surface area contributed by atoms with Crippen LogP contribution in [0.1, 0.15) is 23.9 Å². The van der Waals surface area contributed by atoms with Gasteiger partial charge in [-0.05, 0) is 24.6 Å². The molecule has 124 valence electrons. The summed E-state index contributed by atoms with van der Waals surface area (Å²) in [5, 5.41) is 5.68. The first-order valence-corrected chi connectivity index (χ1v) is 8.42. The predicted octanol–water partition coefficient (Wildman–Crippen LogP) is 3.02. The highest BCUT2D eigenvalue weighted by Crippen LogP contribution is 2.24. The Kier molecular flexibility index (Phi) is 4.28. The third-order valence-electron chi connectivity index (χ3n) is 4.65. The van der Waals surface area contributed by atoms with Crippen LogP contribution in [0, 0.1) is 0 Å². The molecule has 1 aliphatic heterocycles. The molecule has 0 aliphatic carbocycles. The Balaban J connectivity index is 1.53. The molecule has 24 heavy (non-hydrogen) atoms. The average molecular weight is 322 g/mol. The summed E-state index contributed by atoms with van der Waals surface area (Å²) in [5.41, 5.74) is 3.45. The summed E-state index contributed by atoms with van der Waals surface area (Å²) in [6.45, 7) is 3.51. The van der Waals surface area contributed by atoms with Crippen LogP contribution in [-0.4, -0.2) is 39.9 Å². The van der Waals surface area contributed by atoms with Gasteiger partial charge < -0.3 is 4.74 Å². The minimum Gasteiger partial charge on any atom is -0.385 e. The van der Waals surface area contributed by atoms with Crippen molar-refractivity contribution in [1.29, 1.82) is 0 Å². The van der Waals surface area contributed by atoms with Crippen LogP contribution >= 0.6 is 0 Å². The normalized spacial score (nSPS) is 18.0. The van der Waals surface area contributed by atoms with Gasteiger partial charge in [0.1, 0.15) is 0 Å². The lowest BCUT2D eigenvalue weighted by Crippen LogP contribution is -2.37. The number of hydrogen-bond donors (Lipinski definition) is 0. The standard InChI is InChI=1S/C19H22N4O/c1-24-11-9-18-14-22(13-17-8-10-20-23(17)18)12-16-7-6-15-4-2-3-5-19(15)21-16/h2-8,10,18H,9,11-14H2,1H3/t18-/m1/s1. The lowest BCUT2D eigenvalue weighted by molar-refractivity contribution is 0.124. The largest absolute Gasteiger partial charge is 0.385 e. The van der Waals surface area contributed by atoms with Gasteiger partial charge in [0.25, 0.3) is 0 Å². The highest BCUT2D eigenvalue weighted by atomic mass is 16.5. The number of pyridine rings is 1. The monoisotopic (exact) mass is 322 g/mol. The summed E-state index contributed by atoms with van der Waals surface area (Å²) in [6.07, 6.45) is 2.87. The van der Waals surface area contributed by atoms with Gasteiger partial charge in [-0.25, -0.2) is 0 Å². The second kappa shape index (κ2) is 6.71. The first-order valence-electron chi connectivity index (χ1n) is 8.42. The Hall–Kier alpha value is -2.24. The van der Waals surface area contributed by atoms with Crippen molar-refractivity contribution in [3.8, 4) is 0 Å². The first kappa shape index (κ1) is 15.3. The van der Waals surface area contributed by atoms with Gasteiger partial charge in [-0.3, -0.25) is 14.6 Å². The number of benzene rings is 1. The molecule has 0 amide bonds. The van der Waals surface area contributed by atoms with Crippen LogP contribution in [0.4, 0.5) is 0 Å². The molecule has 5 nitrogen and oxygen atoms in total. The molecule has 1 atom stereocenters. The molecule has 5 heteroatoms. The smallest absolute Gasteiger partial charge is 0.0705 e. The predicted molar refractivity (Wildman–Crippen MR) is 93.6 cm³/mol. The molecule has 0 saturated carbocycles. The molecule has 0 radical (unpaired) electrons. The van der Waals surface area contributed by atoms with Gasteiger partial charge in [-0.2, -0.15) is 5.10 Å². The van der Waals surface area contributed by atoms with E-state index in [0.29, 0.717) is 6.04 Å². The van der Waals surface area contributed by atoms with Crippen LogP contribution in [0.5, 0.6) is 0 Å². The fourth-order valence-corrected chi connectivity index (χ4v) is 3.48. The van der Waals surface area contributed by atoms with Crippen molar-refractivity contribution < 1.29 is 4.74 Å². The minimum atomic E-state index is 0.365. The second-order valence-corrected chi connectivity index (χ2v) is 6.37. The maximum Gasteiger partial charge on any atom is 0.0705 e. The molecule has 3 aromatic rings. The van der Waals surface area contributed by atoms with Gasteiger partial charge in [-0.1, -0.05) is 24.3 Å².